The Morgan fingerprint density at radius 1 is 0.778 bits per heavy atom. The van der Waals surface area contributed by atoms with Crippen molar-refractivity contribution in [2.75, 3.05) is 5.73 Å². The fourth-order valence-electron chi connectivity index (χ4n) is 1.92. The van der Waals surface area contributed by atoms with Crippen molar-refractivity contribution < 1.29 is 0 Å². The quantitative estimate of drug-likeness (QED) is 0.741. The predicted octanol–water partition coefficient (Wildman–Crippen LogP) is 3.12. The van der Waals surface area contributed by atoms with Crippen molar-refractivity contribution in [1.82, 2.24) is 9.78 Å². The first-order valence-corrected chi connectivity index (χ1v) is 5.80. The van der Waals surface area contributed by atoms with Crippen molar-refractivity contribution in [2.45, 2.75) is 0 Å². The molecule has 0 spiro atoms. The van der Waals surface area contributed by atoms with Crippen LogP contribution in [0, 0.1) is 0 Å². The van der Waals surface area contributed by atoms with Crippen LogP contribution in [0.5, 0.6) is 0 Å². The normalized spacial score (nSPS) is 10.4. The Morgan fingerprint density at radius 2 is 1.44 bits per heavy atom. The third-order valence-corrected chi connectivity index (χ3v) is 2.85. The highest BCUT2D eigenvalue weighted by atomic mass is 15.3. The van der Waals surface area contributed by atoms with Gasteiger partial charge in [0.25, 0.3) is 0 Å². The van der Waals surface area contributed by atoms with Gasteiger partial charge in [0.05, 0.1) is 5.69 Å². The summed E-state index contributed by atoms with van der Waals surface area (Å²) in [5, 5.41) is 4.18. The van der Waals surface area contributed by atoms with E-state index in [1.54, 1.807) is 10.7 Å². The number of hydrogen-bond acceptors (Lipinski definition) is 2. The molecule has 0 atom stereocenters. The van der Waals surface area contributed by atoms with Crippen LogP contribution in [0.4, 0.5) is 5.82 Å². The number of hydrogen-bond donors (Lipinski definition) is 1. The van der Waals surface area contributed by atoms with Crippen LogP contribution in [0.25, 0.3) is 16.8 Å². The van der Waals surface area contributed by atoms with E-state index in [1.807, 2.05) is 36.5 Å². The molecule has 0 saturated heterocycles. The van der Waals surface area contributed by atoms with Gasteiger partial charge in [-0.1, -0.05) is 42.5 Å². The van der Waals surface area contributed by atoms with Crippen molar-refractivity contribution in [3.8, 4) is 16.8 Å². The summed E-state index contributed by atoms with van der Waals surface area (Å²) in [6, 6.07) is 20.3. The molecule has 18 heavy (non-hydrogen) atoms. The van der Waals surface area contributed by atoms with E-state index in [4.69, 9.17) is 5.73 Å². The molecule has 0 aliphatic carbocycles. The van der Waals surface area contributed by atoms with E-state index >= 15 is 0 Å². The molecule has 88 valence electrons. The molecule has 0 unspecified atom stereocenters. The second kappa shape index (κ2) is 4.37. The maximum absolute atomic E-state index is 5.60. The fourth-order valence-corrected chi connectivity index (χ4v) is 1.92. The van der Waals surface area contributed by atoms with E-state index in [2.05, 4.69) is 29.4 Å². The molecular weight excluding hydrogens is 222 g/mol. The molecule has 1 heterocycles. The van der Waals surface area contributed by atoms with Crippen molar-refractivity contribution in [1.29, 1.82) is 0 Å². The van der Waals surface area contributed by atoms with Gasteiger partial charge in [-0.15, -0.1) is 0 Å². The molecule has 1 aromatic heterocycles. The average molecular weight is 235 g/mol. The van der Waals surface area contributed by atoms with E-state index in [-0.39, 0.29) is 0 Å². The van der Waals surface area contributed by atoms with Gasteiger partial charge < -0.3 is 5.73 Å². The third kappa shape index (κ3) is 1.98. The molecule has 2 N–H and O–H groups in total. The summed E-state index contributed by atoms with van der Waals surface area (Å²) >= 11 is 0. The Hall–Kier alpha value is -2.55. The maximum Gasteiger partial charge on any atom is 0.145 e. The number of aromatic nitrogens is 2. The Labute approximate surface area is 105 Å². The number of rotatable bonds is 2. The first-order chi connectivity index (χ1) is 8.83. The van der Waals surface area contributed by atoms with Crippen LogP contribution in [0.15, 0.2) is 66.9 Å². The van der Waals surface area contributed by atoms with Crippen LogP contribution in [0.1, 0.15) is 0 Å². The molecule has 0 fully saturated rings. The fraction of sp³-hybridized carbons (Fsp3) is 0. The predicted molar refractivity (Wildman–Crippen MR) is 73.4 cm³/mol. The highest BCUT2D eigenvalue weighted by Crippen LogP contribution is 2.20. The molecule has 0 aliphatic heterocycles. The van der Waals surface area contributed by atoms with Gasteiger partial charge in [-0.2, -0.15) is 5.10 Å². The topological polar surface area (TPSA) is 43.8 Å². The van der Waals surface area contributed by atoms with Gasteiger partial charge in [-0.3, -0.25) is 0 Å². The van der Waals surface area contributed by atoms with Gasteiger partial charge in [0.1, 0.15) is 5.82 Å². The molecule has 0 saturated carbocycles. The summed E-state index contributed by atoms with van der Waals surface area (Å²) in [6.07, 6.45) is 1.85. The van der Waals surface area contributed by atoms with E-state index in [0.717, 1.165) is 5.69 Å². The van der Waals surface area contributed by atoms with E-state index in [1.165, 1.54) is 11.1 Å². The summed E-state index contributed by atoms with van der Waals surface area (Å²) in [5.74, 6) is 0.530. The molecule has 0 radical (unpaired) electrons. The molecule has 3 aromatic rings. The highest BCUT2D eigenvalue weighted by Gasteiger charge is 2.00. The van der Waals surface area contributed by atoms with Crippen LogP contribution in [-0.2, 0) is 0 Å². The Balaban J connectivity index is 1.94. The summed E-state index contributed by atoms with van der Waals surface area (Å²) in [6.45, 7) is 0. The monoisotopic (exact) mass is 235 g/mol. The van der Waals surface area contributed by atoms with Crippen LogP contribution in [0.3, 0.4) is 0 Å². The standard InChI is InChI=1S/C15H13N3/c16-15-10-11-18(17-15)14-8-6-13(7-9-14)12-4-2-1-3-5-12/h1-11H,(H2,16,17). The van der Waals surface area contributed by atoms with Gasteiger partial charge in [-0.05, 0) is 23.3 Å². The first kappa shape index (κ1) is 10.6. The molecule has 0 aliphatic rings. The molecule has 2 aromatic carbocycles. The zero-order chi connectivity index (χ0) is 12.4. The van der Waals surface area contributed by atoms with Crippen molar-refractivity contribution in [2.24, 2.45) is 0 Å². The molecule has 0 bridgehead atoms. The molecule has 0 amide bonds. The van der Waals surface area contributed by atoms with Crippen LogP contribution in [-0.4, -0.2) is 9.78 Å². The van der Waals surface area contributed by atoms with E-state index in [0.29, 0.717) is 5.82 Å². The summed E-state index contributed by atoms with van der Waals surface area (Å²) < 4.78 is 1.77. The molecular formula is C15H13N3. The third-order valence-electron chi connectivity index (χ3n) is 2.85. The van der Waals surface area contributed by atoms with Crippen molar-refractivity contribution in [3.05, 3.63) is 66.9 Å². The number of nitrogens with zero attached hydrogens (tertiary/aromatic N) is 2. The zero-order valence-corrected chi connectivity index (χ0v) is 9.82. The second-order valence-electron chi connectivity index (χ2n) is 4.10. The van der Waals surface area contributed by atoms with Crippen LogP contribution < -0.4 is 5.73 Å². The highest BCUT2D eigenvalue weighted by molar-refractivity contribution is 5.64. The van der Waals surface area contributed by atoms with Crippen LogP contribution in [0.2, 0.25) is 0 Å². The zero-order valence-electron chi connectivity index (χ0n) is 9.82. The lowest BCUT2D eigenvalue weighted by atomic mass is 10.1. The maximum atomic E-state index is 5.60. The van der Waals surface area contributed by atoms with Crippen molar-refractivity contribution >= 4 is 5.82 Å². The Kier molecular flexibility index (Phi) is 2.57. The van der Waals surface area contributed by atoms with Gasteiger partial charge in [-0.25, -0.2) is 4.68 Å². The number of benzene rings is 2. The lowest BCUT2D eigenvalue weighted by Crippen LogP contribution is -1.95. The van der Waals surface area contributed by atoms with Gasteiger partial charge >= 0.3 is 0 Å². The molecule has 3 rings (SSSR count). The summed E-state index contributed by atoms with van der Waals surface area (Å²) in [5.41, 5.74) is 9.02. The number of nitrogens with two attached hydrogens (primary N) is 1. The Bertz CT molecular complexity index is 639. The average Bonchev–Trinajstić information content (AvgIpc) is 2.87. The minimum atomic E-state index is 0.530. The lowest BCUT2D eigenvalue weighted by Gasteiger charge is -2.04. The molecule has 3 nitrogen and oxygen atoms in total. The number of anilines is 1. The van der Waals surface area contributed by atoms with E-state index < -0.39 is 0 Å². The van der Waals surface area contributed by atoms with Crippen LogP contribution >= 0.6 is 0 Å². The van der Waals surface area contributed by atoms with Crippen molar-refractivity contribution in [3.63, 3.8) is 0 Å². The first-order valence-electron chi connectivity index (χ1n) is 5.80. The minimum absolute atomic E-state index is 0.530. The van der Waals surface area contributed by atoms with E-state index in [9.17, 15) is 0 Å². The summed E-state index contributed by atoms with van der Waals surface area (Å²) in [4.78, 5) is 0. The lowest BCUT2D eigenvalue weighted by molar-refractivity contribution is 0.886. The smallest absolute Gasteiger partial charge is 0.145 e. The summed E-state index contributed by atoms with van der Waals surface area (Å²) in [7, 11) is 0. The minimum Gasteiger partial charge on any atom is -0.382 e. The molecule has 3 heteroatoms. The Morgan fingerprint density at radius 3 is 2.06 bits per heavy atom. The largest absolute Gasteiger partial charge is 0.382 e. The van der Waals surface area contributed by atoms with Gasteiger partial charge in [0.2, 0.25) is 0 Å². The number of nitrogen functional groups attached to an aromatic ring is 1. The second-order valence-corrected chi connectivity index (χ2v) is 4.10. The van der Waals surface area contributed by atoms with Gasteiger partial charge in [0.15, 0.2) is 0 Å². The van der Waals surface area contributed by atoms with Gasteiger partial charge in [0, 0.05) is 12.3 Å². The SMILES string of the molecule is Nc1ccn(-c2ccc(-c3ccccc3)cc2)n1.